The minimum Gasteiger partial charge on any atom is -0.392 e. The molecule has 2 rings (SSSR count). The number of imidazole rings is 1. The lowest BCUT2D eigenvalue weighted by atomic mass is 9.64. The van der Waals surface area contributed by atoms with Gasteiger partial charge in [-0.25, -0.2) is 4.98 Å². The van der Waals surface area contributed by atoms with E-state index in [1.807, 2.05) is 32.2 Å². The summed E-state index contributed by atoms with van der Waals surface area (Å²) in [6, 6.07) is 0.380. The van der Waals surface area contributed by atoms with Gasteiger partial charge in [-0.1, -0.05) is 13.8 Å². The minimum atomic E-state index is -0.182. The van der Waals surface area contributed by atoms with Gasteiger partial charge in [0, 0.05) is 39.1 Å². The van der Waals surface area contributed by atoms with E-state index in [4.69, 9.17) is 0 Å². The molecule has 1 aromatic rings. The Hall–Kier alpha value is -1.07. The van der Waals surface area contributed by atoms with Crippen LogP contribution in [0, 0.1) is 5.41 Å². The molecule has 102 valence electrons. The van der Waals surface area contributed by atoms with Crippen molar-refractivity contribution in [2.45, 2.75) is 39.0 Å². The molecule has 1 fully saturated rings. The molecule has 1 aromatic heterocycles. The Morgan fingerprint density at radius 2 is 2.22 bits per heavy atom. The lowest BCUT2D eigenvalue weighted by molar-refractivity contribution is -0.0731. The number of anilines is 1. The summed E-state index contributed by atoms with van der Waals surface area (Å²) in [4.78, 5) is 6.39. The summed E-state index contributed by atoms with van der Waals surface area (Å²) >= 11 is 0. The lowest BCUT2D eigenvalue weighted by Gasteiger charge is -2.49. The second kappa shape index (κ2) is 4.55. The summed E-state index contributed by atoms with van der Waals surface area (Å²) in [6.45, 7) is 5.00. The van der Waals surface area contributed by atoms with Gasteiger partial charge in [-0.2, -0.15) is 0 Å². The van der Waals surface area contributed by atoms with Crippen molar-refractivity contribution in [3.63, 3.8) is 0 Å². The molecule has 5 heteroatoms. The molecule has 0 aliphatic heterocycles. The van der Waals surface area contributed by atoms with E-state index in [0.717, 1.165) is 24.6 Å². The van der Waals surface area contributed by atoms with Crippen molar-refractivity contribution in [2.75, 3.05) is 19.0 Å². The Morgan fingerprint density at radius 1 is 1.56 bits per heavy atom. The maximum absolute atomic E-state index is 9.71. The fraction of sp³-hybridized carbons (Fsp3) is 0.769. The molecule has 1 aliphatic carbocycles. The van der Waals surface area contributed by atoms with Crippen LogP contribution in [0.15, 0.2) is 6.20 Å². The van der Waals surface area contributed by atoms with E-state index in [-0.39, 0.29) is 11.5 Å². The molecule has 18 heavy (non-hydrogen) atoms. The third kappa shape index (κ3) is 2.12. The second-order valence-corrected chi connectivity index (χ2v) is 6.01. The highest BCUT2D eigenvalue weighted by molar-refractivity contribution is 5.31. The van der Waals surface area contributed by atoms with Crippen molar-refractivity contribution < 1.29 is 5.11 Å². The molecule has 0 aromatic carbocycles. The maximum Gasteiger partial charge on any atom is 0.204 e. The van der Waals surface area contributed by atoms with Gasteiger partial charge in [0.05, 0.1) is 18.0 Å². The van der Waals surface area contributed by atoms with E-state index >= 15 is 0 Å². The third-order valence-corrected chi connectivity index (χ3v) is 4.21. The highest BCUT2D eigenvalue weighted by atomic mass is 16.3. The van der Waals surface area contributed by atoms with Gasteiger partial charge in [0.2, 0.25) is 5.95 Å². The van der Waals surface area contributed by atoms with Gasteiger partial charge in [-0.15, -0.1) is 0 Å². The third-order valence-electron chi connectivity index (χ3n) is 4.21. The number of rotatable bonds is 4. The first-order valence-corrected chi connectivity index (χ1v) is 6.43. The predicted octanol–water partition coefficient (Wildman–Crippen LogP) is 0.735. The van der Waals surface area contributed by atoms with Crippen LogP contribution in [0.25, 0.3) is 0 Å². The number of hydrogen-bond acceptors (Lipinski definition) is 4. The van der Waals surface area contributed by atoms with Crippen molar-refractivity contribution >= 4 is 5.95 Å². The smallest absolute Gasteiger partial charge is 0.204 e. The van der Waals surface area contributed by atoms with Gasteiger partial charge in [0.1, 0.15) is 0 Å². The van der Waals surface area contributed by atoms with Crippen LogP contribution in [0.2, 0.25) is 0 Å². The summed E-state index contributed by atoms with van der Waals surface area (Å²) < 4.78 is 2.09. The summed E-state index contributed by atoms with van der Waals surface area (Å²) in [5, 5.41) is 13.2. The van der Waals surface area contributed by atoms with Crippen LogP contribution in [0.4, 0.5) is 5.95 Å². The molecule has 0 bridgehead atoms. The van der Waals surface area contributed by atoms with Crippen molar-refractivity contribution in [1.29, 1.82) is 0 Å². The van der Waals surface area contributed by atoms with Crippen molar-refractivity contribution in [1.82, 2.24) is 14.9 Å². The Balaban J connectivity index is 1.96. The van der Waals surface area contributed by atoms with Crippen LogP contribution in [0.3, 0.4) is 0 Å². The van der Waals surface area contributed by atoms with Gasteiger partial charge < -0.3 is 19.9 Å². The molecule has 1 heterocycles. The van der Waals surface area contributed by atoms with E-state index in [1.165, 1.54) is 0 Å². The fourth-order valence-corrected chi connectivity index (χ4v) is 2.49. The molecule has 0 amide bonds. The zero-order valence-corrected chi connectivity index (χ0v) is 11.9. The van der Waals surface area contributed by atoms with Crippen molar-refractivity contribution in [3.8, 4) is 0 Å². The molecular weight excluding hydrogens is 228 g/mol. The quantitative estimate of drug-likeness (QED) is 0.830. The second-order valence-electron chi connectivity index (χ2n) is 6.01. The molecule has 1 aliphatic rings. The van der Waals surface area contributed by atoms with Crippen LogP contribution in [-0.4, -0.2) is 40.9 Å². The van der Waals surface area contributed by atoms with Gasteiger partial charge >= 0.3 is 0 Å². The zero-order chi connectivity index (χ0) is 13.5. The zero-order valence-electron chi connectivity index (χ0n) is 11.9. The number of aliphatic hydroxyl groups excluding tert-OH is 1. The topological polar surface area (TPSA) is 53.3 Å². The van der Waals surface area contributed by atoms with Crippen molar-refractivity contribution in [2.24, 2.45) is 12.5 Å². The van der Waals surface area contributed by atoms with Gasteiger partial charge in [0.15, 0.2) is 0 Å². The number of nitrogens with one attached hydrogen (secondary N) is 1. The molecule has 0 saturated heterocycles. The lowest BCUT2D eigenvalue weighted by Crippen LogP contribution is -2.59. The summed E-state index contributed by atoms with van der Waals surface area (Å²) in [5.74, 6) is 0.958. The molecule has 2 N–H and O–H groups in total. The summed E-state index contributed by atoms with van der Waals surface area (Å²) in [5.41, 5.74) is 1.14. The molecule has 0 spiro atoms. The number of aromatic nitrogens is 2. The van der Waals surface area contributed by atoms with Crippen LogP contribution >= 0.6 is 0 Å². The van der Waals surface area contributed by atoms with Gasteiger partial charge in [-0.05, 0) is 6.42 Å². The summed E-state index contributed by atoms with van der Waals surface area (Å²) in [6.07, 6.45) is 2.56. The number of hydrogen-bond donors (Lipinski definition) is 2. The largest absolute Gasteiger partial charge is 0.392 e. The Kier molecular flexibility index (Phi) is 3.38. The normalized spacial score (nSPS) is 25.9. The van der Waals surface area contributed by atoms with Crippen molar-refractivity contribution in [3.05, 3.63) is 11.9 Å². The van der Waals surface area contributed by atoms with E-state index in [0.29, 0.717) is 6.04 Å². The first kappa shape index (κ1) is 13.4. The Labute approximate surface area is 109 Å². The highest BCUT2D eigenvalue weighted by Gasteiger charge is 2.46. The molecule has 5 nitrogen and oxygen atoms in total. The van der Waals surface area contributed by atoms with E-state index in [9.17, 15) is 5.11 Å². The van der Waals surface area contributed by atoms with Crippen LogP contribution in [0.5, 0.6) is 0 Å². The average Bonchev–Trinajstić information content (AvgIpc) is 2.66. The molecule has 2 unspecified atom stereocenters. The van der Waals surface area contributed by atoms with E-state index in [2.05, 4.69) is 28.7 Å². The van der Waals surface area contributed by atoms with Crippen LogP contribution in [-0.2, 0) is 13.6 Å². The predicted molar refractivity (Wildman–Crippen MR) is 72.6 cm³/mol. The van der Waals surface area contributed by atoms with Crippen LogP contribution < -0.4 is 10.2 Å². The molecular formula is C13H24N4O. The van der Waals surface area contributed by atoms with E-state index < -0.39 is 0 Å². The monoisotopic (exact) mass is 252 g/mol. The average molecular weight is 252 g/mol. The summed E-state index contributed by atoms with van der Waals surface area (Å²) in [7, 11) is 6.01. The molecule has 1 saturated carbocycles. The standard InChI is InChI=1S/C13H24N4O/c1-13(2)10(6-11(13)18)14-7-9-8-15-12(16(3)4)17(9)5/h8,10-11,14,18H,6-7H2,1-5H3. The minimum absolute atomic E-state index is 0.0248. The van der Waals surface area contributed by atoms with E-state index in [1.54, 1.807) is 0 Å². The SMILES string of the molecule is CN(C)c1ncc(CNC2CC(O)C2(C)C)n1C. The fourth-order valence-electron chi connectivity index (χ4n) is 2.49. The number of aliphatic hydroxyl groups is 1. The Bertz CT molecular complexity index is 425. The highest BCUT2D eigenvalue weighted by Crippen LogP contribution is 2.40. The molecule has 0 radical (unpaired) electrons. The number of nitrogens with zero attached hydrogens (tertiary/aromatic N) is 3. The first-order valence-electron chi connectivity index (χ1n) is 6.43. The van der Waals surface area contributed by atoms with Gasteiger partial charge in [0.25, 0.3) is 0 Å². The maximum atomic E-state index is 9.71. The Morgan fingerprint density at radius 3 is 2.67 bits per heavy atom. The van der Waals surface area contributed by atoms with Crippen LogP contribution in [0.1, 0.15) is 26.0 Å². The first-order chi connectivity index (χ1) is 8.34. The van der Waals surface area contributed by atoms with Gasteiger partial charge in [-0.3, -0.25) is 0 Å². The molecule has 2 atom stereocenters.